The molecule has 1 aliphatic rings. The lowest BCUT2D eigenvalue weighted by molar-refractivity contribution is -0.148. The van der Waals surface area contributed by atoms with Crippen LogP contribution in [0.15, 0.2) is 4.52 Å². The minimum atomic E-state index is -0.181. The Kier molecular flexibility index (Phi) is 4.42. The second-order valence-corrected chi connectivity index (χ2v) is 6.14. The number of hydrogen-bond donors (Lipinski definition) is 0. The van der Waals surface area contributed by atoms with Crippen LogP contribution >= 0.6 is 0 Å². The number of ether oxygens (including phenoxy) is 1. The molecule has 1 aromatic rings. The zero-order valence-corrected chi connectivity index (χ0v) is 12.7. The predicted molar refractivity (Wildman–Crippen MR) is 73.1 cm³/mol. The van der Waals surface area contributed by atoms with Crippen LogP contribution in [0.4, 0.5) is 0 Å². The van der Waals surface area contributed by atoms with E-state index in [2.05, 4.69) is 15.0 Å². The highest BCUT2D eigenvalue weighted by atomic mass is 16.5. The van der Waals surface area contributed by atoms with Crippen molar-refractivity contribution in [3.05, 3.63) is 11.7 Å². The molecular formula is C14H23N3O3. The van der Waals surface area contributed by atoms with E-state index in [1.807, 2.05) is 27.7 Å². The number of carbonyl (C=O) groups excluding carboxylic acids is 1. The first-order valence-corrected chi connectivity index (χ1v) is 7.15. The van der Waals surface area contributed by atoms with Crippen molar-refractivity contribution < 1.29 is 14.1 Å². The Bertz CT molecular complexity index is 464. The Labute approximate surface area is 119 Å². The van der Waals surface area contributed by atoms with Gasteiger partial charge in [-0.3, -0.25) is 9.69 Å². The zero-order chi connectivity index (χ0) is 14.8. The summed E-state index contributed by atoms with van der Waals surface area (Å²) in [5.74, 6) is 1.10. The Hall–Kier alpha value is -1.43. The molecule has 0 N–H and O–H groups in total. The van der Waals surface area contributed by atoms with Crippen LogP contribution in [0.3, 0.4) is 0 Å². The second-order valence-electron chi connectivity index (χ2n) is 6.14. The summed E-state index contributed by atoms with van der Waals surface area (Å²) < 4.78 is 10.4. The Morgan fingerprint density at radius 3 is 2.85 bits per heavy atom. The molecule has 1 saturated heterocycles. The van der Waals surface area contributed by atoms with Crippen molar-refractivity contribution in [1.82, 2.24) is 15.0 Å². The lowest BCUT2D eigenvalue weighted by Gasteiger charge is -2.20. The summed E-state index contributed by atoms with van der Waals surface area (Å²) in [6.45, 7) is 9.72. The maximum absolute atomic E-state index is 11.9. The van der Waals surface area contributed by atoms with Gasteiger partial charge in [0.2, 0.25) is 5.89 Å². The molecule has 1 unspecified atom stereocenters. The van der Waals surface area contributed by atoms with Crippen LogP contribution in [-0.4, -0.2) is 40.2 Å². The monoisotopic (exact) mass is 281 g/mol. The summed E-state index contributed by atoms with van der Waals surface area (Å²) in [6.07, 6.45) is 1.82. The molecule has 0 aromatic carbocycles. The first-order valence-electron chi connectivity index (χ1n) is 7.15. The van der Waals surface area contributed by atoms with Gasteiger partial charge in [-0.1, -0.05) is 25.9 Å². The SMILES string of the molecule is CCOC(=O)C1CCCN1Cc1nc(C(C)(C)C)no1. The zero-order valence-electron chi connectivity index (χ0n) is 12.7. The van der Waals surface area contributed by atoms with Crippen LogP contribution in [-0.2, 0) is 21.5 Å². The van der Waals surface area contributed by atoms with Crippen molar-refractivity contribution in [2.24, 2.45) is 0 Å². The lowest BCUT2D eigenvalue weighted by atomic mass is 9.96. The van der Waals surface area contributed by atoms with Gasteiger partial charge in [-0.25, -0.2) is 0 Å². The third-order valence-electron chi connectivity index (χ3n) is 3.40. The molecule has 1 atom stereocenters. The van der Waals surface area contributed by atoms with E-state index in [9.17, 15) is 4.79 Å². The molecule has 1 aliphatic heterocycles. The van der Waals surface area contributed by atoms with Gasteiger partial charge >= 0.3 is 5.97 Å². The maximum Gasteiger partial charge on any atom is 0.323 e. The van der Waals surface area contributed by atoms with Gasteiger partial charge in [-0.05, 0) is 26.3 Å². The first-order chi connectivity index (χ1) is 9.41. The van der Waals surface area contributed by atoms with E-state index in [0.717, 1.165) is 19.4 Å². The van der Waals surface area contributed by atoms with Crippen molar-refractivity contribution in [3.63, 3.8) is 0 Å². The highest BCUT2D eigenvalue weighted by Crippen LogP contribution is 2.23. The third-order valence-corrected chi connectivity index (χ3v) is 3.40. The molecule has 1 aromatic heterocycles. The number of aromatic nitrogens is 2. The highest BCUT2D eigenvalue weighted by Gasteiger charge is 2.33. The minimum absolute atomic E-state index is 0.132. The largest absolute Gasteiger partial charge is 0.465 e. The fourth-order valence-electron chi connectivity index (χ4n) is 2.32. The number of rotatable bonds is 4. The number of nitrogens with zero attached hydrogens (tertiary/aromatic N) is 3. The van der Waals surface area contributed by atoms with Gasteiger partial charge in [-0.2, -0.15) is 4.98 Å². The summed E-state index contributed by atoms with van der Waals surface area (Å²) in [7, 11) is 0. The van der Waals surface area contributed by atoms with E-state index < -0.39 is 0 Å². The van der Waals surface area contributed by atoms with Crippen LogP contribution in [0.25, 0.3) is 0 Å². The molecular weight excluding hydrogens is 258 g/mol. The number of esters is 1. The summed E-state index contributed by atoms with van der Waals surface area (Å²) in [4.78, 5) is 18.3. The summed E-state index contributed by atoms with van der Waals surface area (Å²) in [5, 5.41) is 4.01. The topological polar surface area (TPSA) is 68.5 Å². The van der Waals surface area contributed by atoms with Gasteiger partial charge in [0.05, 0.1) is 13.2 Å². The average Bonchev–Trinajstić information content (AvgIpc) is 2.98. The molecule has 112 valence electrons. The molecule has 2 heterocycles. The van der Waals surface area contributed by atoms with E-state index in [4.69, 9.17) is 9.26 Å². The normalized spacial score (nSPS) is 20.3. The van der Waals surface area contributed by atoms with Crippen LogP contribution in [0, 0.1) is 0 Å². The second kappa shape index (κ2) is 5.91. The van der Waals surface area contributed by atoms with E-state index in [-0.39, 0.29) is 17.4 Å². The van der Waals surface area contributed by atoms with Crippen molar-refractivity contribution in [3.8, 4) is 0 Å². The van der Waals surface area contributed by atoms with Gasteiger partial charge < -0.3 is 9.26 Å². The Morgan fingerprint density at radius 1 is 1.50 bits per heavy atom. The minimum Gasteiger partial charge on any atom is -0.465 e. The predicted octanol–water partition coefficient (Wildman–Crippen LogP) is 1.89. The number of likely N-dealkylation sites (tertiary alicyclic amines) is 1. The summed E-state index contributed by atoms with van der Waals surface area (Å²) in [5.41, 5.74) is -0.132. The van der Waals surface area contributed by atoms with Gasteiger partial charge in [0.1, 0.15) is 6.04 Å². The van der Waals surface area contributed by atoms with E-state index in [1.54, 1.807) is 0 Å². The third kappa shape index (κ3) is 3.36. The lowest BCUT2D eigenvalue weighted by Crippen LogP contribution is -2.36. The van der Waals surface area contributed by atoms with Gasteiger partial charge in [0.25, 0.3) is 0 Å². The van der Waals surface area contributed by atoms with Crippen molar-refractivity contribution in [2.75, 3.05) is 13.2 Å². The molecule has 6 heteroatoms. The summed E-state index contributed by atoms with van der Waals surface area (Å²) >= 11 is 0. The van der Waals surface area contributed by atoms with Crippen molar-refractivity contribution in [1.29, 1.82) is 0 Å². The Morgan fingerprint density at radius 2 is 2.25 bits per heavy atom. The molecule has 1 fully saturated rings. The number of hydrogen-bond acceptors (Lipinski definition) is 6. The van der Waals surface area contributed by atoms with E-state index >= 15 is 0 Å². The fraction of sp³-hybridized carbons (Fsp3) is 0.786. The molecule has 0 amide bonds. The smallest absolute Gasteiger partial charge is 0.323 e. The molecule has 0 saturated carbocycles. The fourth-order valence-corrected chi connectivity index (χ4v) is 2.32. The molecule has 0 aliphatic carbocycles. The molecule has 0 bridgehead atoms. The molecule has 6 nitrogen and oxygen atoms in total. The first kappa shape index (κ1) is 15.0. The van der Waals surface area contributed by atoms with E-state index in [0.29, 0.717) is 24.9 Å². The van der Waals surface area contributed by atoms with Crippen LogP contribution in [0.1, 0.15) is 52.3 Å². The van der Waals surface area contributed by atoms with Gasteiger partial charge in [0.15, 0.2) is 5.82 Å². The highest BCUT2D eigenvalue weighted by molar-refractivity contribution is 5.76. The quantitative estimate of drug-likeness (QED) is 0.785. The molecule has 20 heavy (non-hydrogen) atoms. The summed E-state index contributed by atoms with van der Waals surface area (Å²) in [6, 6.07) is -0.181. The number of carbonyl (C=O) groups is 1. The molecule has 0 radical (unpaired) electrons. The van der Waals surface area contributed by atoms with Crippen molar-refractivity contribution in [2.45, 2.75) is 58.5 Å². The Balaban J connectivity index is 2.02. The van der Waals surface area contributed by atoms with Crippen LogP contribution < -0.4 is 0 Å². The standard InChI is InChI=1S/C14H23N3O3/c1-5-19-12(18)10-7-6-8-17(10)9-11-15-13(16-20-11)14(2,3)4/h10H,5-9H2,1-4H3. The average molecular weight is 281 g/mol. The van der Waals surface area contributed by atoms with Gasteiger partial charge in [-0.15, -0.1) is 0 Å². The molecule has 0 spiro atoms. The van der Waals surface area contributed by atoms with Crippen molar-refractivity contribution >= 4 is 5.97 Å². The van der Waals surface area contributed by atoms with E-state index in [1.165, 1.54) is 0 Å². The molecule has 2 rings (SSSR count). The van der Waals surface area contributed by atoms with Crippen LogP contribution in [0.2, 0.25) is 0 Å². The van der Waals surface area contributed by atoms with Crippen LogP contribution in [0.5, 0.6) is 0 Å². The van der Waals surface area contributed by atoms with Gasteiger partial charge in [0, 0.05) is 5.41 Å². The maximum atomic E-state index is 11.9.